The Morgan fingerprint density at radius 2 is 2.42 bits per heavy atom. The van der Waals surface area contributed by atoms with E-state index < -0.39 is 0 Å². The van der Waals surface area contributed by atoms with Gasteiger partial charge in [-0.2, -0.15) is 0 Å². The molecule has 1 aliphatic rings. The van der Waals surface area contributed by atoms with Crippen LogP contribution in [-0.2, 0) is 9.59 Å². The molecule has 0 radical (unpaired) electrons. The van der Waals surface area contributed by atoms with Gasteiger partial charge in [-0.3, -0.25) is 9.59 Å². The maximum Gasteiger partial charge on any atom is 0.163 e. The van der Waals surface area contributed by atoms with Crippen molar-refractivity contribution in [2.24, 2.45) is 5.92 Å². The molecule has 12 heavy (non-hydrogen) atoms. The SMILES string of the molecule is C=C(C)[C@H]1CCC(C=O)=CC1=O. The summed E-state index contributed by atoms with van der Waals surface area (Å²) >= 11 is 0. The lowest BCUT2D eigenvalue weighted by Crippen LogP contribution is -2.18. The molecule has 0 bridgehead atoms. The van der Waals surface area contributed by atoms with Crippen molar-refractivity contribution >= 4 is 12.1 Å². The lowest BCUT2D eigenvalue weighted by atomic mass is 9.85. The lowest BCUT2D eigenvalue weighted by Gasteiger charge is -2.18. The van der Waals surface area contributed by atoms with Crippen LogP contribution in [0.15, 0.2) is 23.8 Å². The molecule has 1 aliphatic carbocycles. The van der Waals surface area contributed by atoms with Crippen LogP contribution >= 0.6 is 0 Å². The zero-order valence-corrected chi connectivity index (χ0v) is 7.17. The minimum Gasteiger partial charge on any atom is -0.298 e. The van der Waals surface area contributed by atoms with Gasteiger partial charge in [0.1, 0.15) is 6.29 Å². The Labute approximate surface area is 72.0 Å². The molecule has 0 amide bonds. The lowest BCUT2D eigenvalue weighted by molar-refractivity contribution is -0.118. The first-order valence-electron chi connectivity index (χ1n) is 4.00. The number of carbonyl (C=O) groups excluding carboxylic acids is 2. The summed E-state index contributed by atoms with van der Waals surface area (Å²) in [5.74, 6) is -0.0375. The number of ketones is 1. The Morgan fingerprint density at radius 1 is 1.75 bits per heavy atom. The van der Waals surface area contributed by atoms with Gasteiger partial charge in [0.15, 0.2) is 5.78 Å². The summed E-state index contributed by atoms with van der Waals surface area (Å²) in [4.78, 5) is 21.6. The van der Waals surface area contributed by atoms with Crippen molar-refractivity contribution in [3.05, 3.63) is 23.8 Å². The second kappa shape index (κ2) is 3.48. The van der Waals surface area contributed by atoms with E-state index in [9.17, 15) is 9.59 Å². The molecule has 0 aromatic rings. The summed E-state index contributed by atoms with van der Waals surface area (Å²) in [7, 11) is 0. The smallest absolute Gasteiger partial charge is 0.163 e. The minimum atomic E-state index is -0.0614. The van der Waals surface area contributed by atoms with Crippen LogP contribution in [0.2, 0.25) is 0 Å². The number of carbonyl (C=O) groups is 2. The highest BCUT2D eigenvalue weighted by Crippen LogP contribution is 2.24. The van der Waals surface area contributed by atoms with Gasteiger partial charge < -0.3 is 0 Å². The third-order valence-corrected chi connectivity index (χ3v) is 2.14. The normalized spacial score (nSPS) is 23.2. The summed E-state index contributed by atoms with van der Waals surface area (Å²) in [6, 6.07) is 0. The van der Waals surface area contributed by atoms with Crippen molar-refractivity contribution in [2.75, 3.05) is 0 Å². The van der Waals surface area contributed by atoms with Crippen LogP contribution in [0.1, 0.15) is 19.8 Å². The molecule has 0 saturated carbocycles. The number of allylic oxidation sites excluding steroid dienone is 3. The second-order valence-corrected chi connectivity index (χ2v) is 3.18. The average Bonchev–Trinajstić information content (AvgIpc) is 2.03. The molecular weight excluding hydrogens is 152 g/mol. The van der Waals surface area contributed by atoms with Crippen LogP contribution in [0.5, 0.6) is 0 Å². The van der Waals surface area contributed by atoms with Crippen molar-refractivity contribution in [1.29, 1.82) is 0 Å². The van der Waals surface area contributed by atoms with E-state index >= 15 is 0 Å². The Bertz CT molecular complexity index is 261. The Balaban J connectivity index is 2.80. The van der Waals surface area contributed by atoms with Gasteiger partial charge in [-0.05, 0) is 31.4 Å². The van der Waals surface area contributed by atoms with E-state index in [4.69, 9.17) is 0 Å². The molecule has 0 aromatic carbocycles. The topological polar surface area (TPSA) is 34.1 Å². The summed E-state index contributed by atoms with van der Waals surface area (Å²) in [6.45, 7) is 5.59. The molecular formula is C10H12O2. The summed E-state index contributed by atoms with van der Waals surface area (Å²) < 4.78 is 0. The third-order valence-electron chi connectivity index (χ3n) is 2.14. The maximum absolute atomic E-state index is 11.3. The molecule has 2 nitrogen and oxygen atoms in total. The molecule has 0 heterocycles. The van der Waals surface area contributed by atoms with Gasteiger partial charge in [0, 0.05) is 5.92 Å². The molecule has 0 N–H and O–H groups in total. The van der Waals surface area contributed by atoms with E-state index in [1.165, 1.54) is 6.08 Å². The van der Waals surface area contributed by atoms with E-state index in [2.05, 4.69) is 6.58 Å². The van der Waals surface area contributed by atoms with Crippen LogP contribution in [0.25, 0.3) is 0 Å². The number of aldehydes is 1. The highest BCUT2D eigenvalue weighted by atomic mass is 16.1. The Kier molecular flexibility index (Phi) is 2.58. The quantitative estimate of drug-likeness (QED) is 0.459. The third kappa shape index (κ3) is 1.70. The second-order valence-electron chi connectivity index (χ2n) is 3.18. The number of hydrogen-bond donors (Lipinski definition) is 0. The molecule has 0 aliphatic heterocycles. The molecule has 0 aromatic heterocycles. The van der Waals surface area contributed by atoms with Crippen LogP contribution in [0.3, 0.4) is 0 Å². The van der Waals surface area contributed by atoms with Crippen LogP contribution in [0, 0.1) is 5.92 Å². The van der Waals surface area contributed by atoms with Crippen molar-refractivity contribution in [2.45, 2.75) is 19.8 Å². The molecule has 2 heteroatoms. The predicted octanol–water partition coefficient (Wildman–Crippen LogP) is 1.67. The molecule has 64 valence electrons. The predicted molar refractivity (Wildman–Crippen MR) is 46.7 cm³/mol. The van der Waals surface area contributed by atoms with Crippen LogP contribution in [-0.4, -0.2) is 12.1 Å². The number of hydrogen-bond acceptors (Lipinski definition) is 2. The fourth-order valence-electron chi connectivity index (χ4n) is 1.39. The van der Waals surface area contributed by atoms with Gasteiger partial charge in [0.25, 0.3) is 0 Å². The molecule has 0 unspecified atom stereocenters. The molecule has 1 rings (SSSR count). The zero-order chi connectivity index (χ0) is 9.14. The minimum absolute atomic E-state index is 0.0239. The first-order valence-corrected chi connectivity index (χ1v) is 4.00. The van der Waals surface area contributed by atoms with Gasteiger partial charge in [0.2, 0.25) is 0 Å². The molecule has 0 spiro atoms. The first-order chi connectivity index (χ1) is 5.65. The standard InChI is InChI=1S/C10H12O2/c1-7(2)9-4-3-8(6-11)5-10(9)12/h5-6,9H,1,3-4H2,2H3/t9-/m1/s1. The van der Waals surface area contributed by atoms with Crippen molar-refractivity contribution in [3.8, 4) is 0 Å². The first kappa shape index (κ1) is 8.91. The van der Waals surface area contributed by atoms with Crippen molar-refractivity contribution in [3.63, 3.8) is 0 Å². The highest BCUT2D eigenvalue weighted by molar-refractivity contribution is 5.99. The van der Waals surface area contributed by atoms with Gasteiger partial charge in [-0.1, -0.05) is 12.2 Å². The monoisotopic (exact) mass is 164 g/mol. The van der Waals surface area contributed by atoms with Crippen molar-refractivity contribution in [1.82, 2.24) is 0 Å². The van der Waals surface area contributed by atoms with E-state index in [-0.39, 0.29) is 11.7 Å². The molecule has 0 saturated heterocycles. The Morgan fingerprint density at radius 3 is 2.83 bits per heavy atom. The highest BCUT2D eigenvalue weighted by Gasteiger charge is 2.22. The molecule has 0 fully saturated rings. The fourth-order valence-corrected chi connectivity index (χ4v) is 1.39. The molecule has 1 atom stereocenters. The summed E-state index contributed by atoms with van der Waals surface area (Å²) in [5, 5.41) is 0. The van der Waals surface area contributed by atoms with Gasteiger partial charge in [-0.25, -0.2) is 0 Å². The number of rotatable bonds is 2. The largest absolute Gasteiger partial charge is 0.298 e. The Hall–Kier alpha value is -1.18. The zero-order valence-electron chi connectivity index (χ0n) is 7.17. The van der Waals surface area contributed by atoms with E-state index in [1.807, 2.05) is 6.92 Å². The average molecular weight is 164 g/mol. The van der Waals surface area contributed by atoms with E-state index in [1.54, 1.807) is 0 Å². The van der Waals surface area contributed by atoms with Gasteiger partial charge in [0.05, 0.1) is 0 Å². The van der Waals surface area contributed by atoms with Crippen LogP contribution < -0.4 is 0 Å². The van der Waals surface area contributed by atoms with E-state index in [0.717, 1.165) is 18.3 Å². The maximum atomic E-state index is 11.3. The van der Waals surface area contributed by atoms with E-state index in [0.29, 0.717) is 12.0 Å². The summed E-state index contributed by atoms with van der Waals surface area (Å²) in [6.07, 6.45) is 3.63. The van der Waals surface area contributed by atoms with Crippen molar-refractivity contribution < 1.29 is 9.59 Å². The van der Waals surface area contributed by atoms with Crippen LogP contribution in [0.4, 0.5) is 0 Å². The van der Waals surface area contributed by atoms with Gasteiger partial charge >= 0.3 is 0 Å². The van der Waals surface area contributed by atoms with Gasteiger partial charge in [-0.15, -0.1) is 0 Å². The fraction of sp³-hybridized carbons (Fsp3) is 0.400. The summed E-state index contributed by atoms with van der Waals surface area (Å²) in [5.41, 5.74) is 1.50.